The minimum Gasteiger partial charge on any atom is -0.305 e. The minimum atomic E-state index is -0.213. The van der Waals surface area contributed by atoms with Crippen LogP contribution >= 0.6 is 0 Å². The number of nitrogens with one attached hydrogen (secondary N) is 1. The van der Waals surface area contributed by atoms with Gasteiger partial charge in [-0.25, -0.2) is 9.67 Å². The first-order valence-electron chi connectivity index (χ1n) is 10.2. The van der Waals surface area contributed by atoms with Crippen molar-refractivity contribution >= 4 is 11.7 Å². The van der Waals surface area contributed by atoms with E-state index in [2.05, 4.69) is 41.5 Å². The van der Waals surface area contributed by atoms with Crippen molar-refractivity contribution in [2.45, 2.75) is 26.2 Å². The first-order valence-corrected chi connectivity index (χ1v) is 10.2. The lowest BCUT2D eigenvalue weighted by molar-refractivity contribution is 0.102. The van der Waals surface area contributed by atoms with Crippen LogP contribution in [0.2, 0.25) is 0 Å². The van der Waals surface area contributed by atoms with Gasteiger partial charge in [-0.1, -0.05) is 48.0 Å². The number of benzene rings is 2. The van der Waals surface area contributed by atoms with Gasteiger partial charge in [0, 0.05) is 23.0 Å². The van der Waals surface area contributed by atoms with Gasteiger partial charge in [-0.15, -0.1) is 0 Å². The number of carbonyl (C=O) groups is 1. The van der Waals surface area contributed by atoms with Crippen LogP contribution < -0.4 is 5.32 Å². The summed E-state index contributed by atoms with van der Waals surface area (Å²) in [6, 6.07) is 22.0. The Morgan fingerprint density at radius 2 is 1.77 bits per heavy atom. The lowest BCUT2D eigenvalue weighted by Gasteiger charge is -2.10. The smallest absolute Gasteiger partial charge is 0.277 e. The van der Waals surface area contributed by atoms with Crippen LogP contribution in [-0.4, -0.2) is 20.7 Å². The molecule has 0 radical (unpaired) electrons. The number of aromatic nitrogens is 3. The molecule has 1 amide bonds. The average Bonchev–Trinajstić information content (AvgIpc) is 3.38. The highest BCUT2D eigenvalue weighted by molar-refractivity contribution is 6.05. The van der Waals surface area contributed by atoms with Crippen LogP contribution in [0.3, 0.4) is 0 Å². The Bertz CT molecular complexity index is 1210. The summed E-state index contributed by atoms with van der Waals surface area (Å²) in [5.74, 6) is 0.334. The zero-order valence-electron chi connectivity index (χ0n) is 16.8. The zero-order chi connectivity index (χ0) is 20.5. The van der Waals surface area contributed by atoms with Crippen molar-refractivity contribution in [2.75, 3.05) is 5.32 Å². The molecule has 0 aliphatic heterocycles. The standard InChI is InChI=1S/C25H22N4O/c1-17-12-14-19(15-13-17)29-22-11-5-9-21(22)23(28-29)25(30)27-24-20(10-6-16-26-24)18-7-3-2-4-8-18/h2-4,6-8,10,12-16H,5,9,11H2,1H3,(H,26,27,30). The van der Waals surface area contributed by atoms with Crippen molar-refractivity contribution < 1.29 is 4.79 Å². The monoisotopic (exact) mass is 394 g/mol. The molecule has 4 aromatic rings. The van der Waals surface area contributed by atoms with Gasteiger partial charge < -0.3 is 5.32 Å². The van der Waals surface area contributed by atoms with Crippen LogP contribution in [0.4, 0.5) is 5.82 Å². The van der Waals surface area contributed by atoms with Crippen molar-refractivity contribution in [3.8, 4) is 16.8 Å². The van der Waals surface area contributed by atoms with Gasteiger partial charge >= 0.3 is 0 Å². The van der Waals surface area contributed by atoms with Crippen LogP contribution in [0.15, 0.2) is 72.9 Å². The maximum absolute atomic E-state index is 13.2. The molecule has 0 saturated heterocycles. The van der Waals surface area contributed by atoms with Crippen molar-refractivity contribution in [3.63, 3.8) is 0 Å². The van der Waals surface area contributed by atoms with Gasteiger partial charge in [0.05, 0.1) is 5.69 Å². The molecule has 0 saturated carbocycles. The quantitative estimate of drug-likeness (QED) is 0.531. The fraction of sp³-hybridized carbons (Fsp3) is 0.160. The SMILES string of the molecule is Cc1ccc(-n2nc(C(=O)Nc3ncccc3-c3ccccc3)c3c2CCC3)cc1. The Balaban J connectivity index is 1.50. The van der Waals surface area contributed by atoms with E-state index in [9.17, 15) is 4.79 Å². The van der Waals surface area contributed by atoms with Crippen LogP contribution in [-0.2, 0) is 12.8 Å². The lowest BCUT2D eigenvalue weighted by atomic mass is 10.1. The molecular weight excluding hydrogens is 372 g/mol. The van der Waals surface area contributed by atoms with Gasteiger partial charge in [0.1, 0.15) is 5.82 Å². The van der Waals surface area contributed by atoms with E-state index < -0.39 is 0 Å². The van der Waals surface area contributed by atoms with Crippen molar-refractivity contribution in [1.29, 1.82) is 0 Å². The lowest BCUT2D eigenvalue weighted by Crippen LogP contribution is -2.16. The second-order valence-electron chi connectivity index (χ2n) is 7.59. The Kier molecular flexibility index (Phi) is 4.64. The summed E-state index contributed by atoms with van der Waals surface area (Å²) in [5.41, 5.74) is 6.76. The van der Waals surface area contributed by atoms with E-state index in [-0.39, 0.29) is 5.91 Å². The van der Waals surface area contributed by atoms with Gasteiger partial charge in [0.15, 0.2) is 5.69 Å². The van der Waals surface area contributed by atoms with Crippen molar-refractivity contribution in [2.24, 2.45) is 0 Å². The number of nitrogens with zero attached hydrogens (tertiary/aromatic N) is 3. The summed E-state index contributed by atoms with van der Waals surface area (Å²) >= 11 is 0. The maximum Gasteiger partial charge on any atom is 0.277 e. The van der Waals surface area contributed by atoms with Crippen molar-refractivity contribution in [3.05, 3.63) is 95.4 Å². The van der Waals surface area contributed by atoms with E-state index in [0.29, 0.717) is 11.5 Å². The van der Waals surface area contributed by atoms with Gasteiger partial charge in [-0.05, 0) is 56.0 Å². The molecule has 1 aliphatic carbocycles. The summed E-state index contributed by atoms with van der Waals surface area (Å²) in [5, 5.41) is 7.71. The first-order chi connectivity index (χ1) is 14.7. The van der Waals surface area contributed by atoms with Crippen LogP contribution in [0.5, 0.6) is 0 Å². The summed E-state index contributed by atoms with van der Waals surface area (Å²) in [7, 11) is 0. The number of pyridine rings is 1. The molecule has 5 rings (SSSR count). The second-order valence-corrected chi connectivity index (χ2v) is 7.59. The highest BCUT2D eigenvalue weighted by Crippen LogP contribution is 2.30. The summed E-state index contributed by atoms with van der Waals surface area (Å²) < 4.78 is 1.92. The number of rotatable bonds is 4. The number of anilines is 1. The molecule has 2 heterocycles. The molecule has 148 valence electrons. The van der Waals surface area contributed by atoms with Crippen molar-refractivity contribution in [1.82, 2.24) is 14.8 Å². The predicted molar refractivity (Wildman–Crippen MR) is 118 cm³/mol. The van der Waals surface area contributed by atoms with Gasteiger partial charge in [-0.2, -0.15) is 5.10 Å². The molecule has 0 fully saturated rings. The molecule has 1 N–H and O–H groups in total. The minimum absolute atomic E-state index is 0.213. The number of amides is 1. The zero-order valence-corrected chi connectivity index (χ0v) is 16.8. The number of aryl methyl sites for hydroxylation is 1. The molecule has 1 aliphatic rings. The third-order valence-corrected chi connectivity index (χ3v) is 5.55. The largest absolute Gasteiger partial charge is 0.305 e. The Morgan fingerprint density at radius 3 is 2.57 bits per heavy atom. The predicted octanol–water partition coefficient (Wildman–Crippen LogP) is 4.98. The molecule has 0 atom stereocenters. The molecular formula is C25H22N4O. The molecule has 30 heavy (non-hydrogen) atoms. The third-order valence-electron chi connectivity index (χ3n) is 5.55. The number of hydrogen-bond donors (Lipinski definition) is 1. The van der Waals surface area contributed by atoms with E-state index in [0.717, 1.165) is 47.3 Å². The Labute approximate surface area is 175 Å². The molecule has 0 spiro atoms. The molecule has 0 bridgehead atoms. The van der Waals surface area contributed by atoms with E-state index in [1.165, 1.54) is 5.56 Å². The number of carbonyl (C=O) groups excluding carboxylic acids is 1. The molecule has 5 nitrogen and oxygen atoms in total. The summed E-state index contributed by atoms with van der Waals surface area (Å²) in [4.78, 5) is 17.7. The fourth-order valence-corrected chi connectivity index (χ4v) is 4.04. The second kappa shape index (κ2) is 7.59. The van der Waals surface area contributed by atoms with E-state index >= 15 is 0 Å². The Morgan fingerprint density at radius 1 is 0.967 bits per heavy atom. The van der Waals surface area contributed by atoms with E-state index in [4.69, 9.17) is 5.10 Å². The summed E-state index contributed by atoms with van der Waals surface area (Å²) in [6.07, 6.45) is 4.54. The molecule has 2 aromatic carbocycles. The molecule has 0 unspecified atom stereocenters. The Hall–Kier alpha value is -3.73. The van der Waals surface area contributed by atoms with Crippen LogP contribution in [0, 0.1) is 6.92 Å². The highest BCUT2D eigenvalue weighted by Gasteiger charge is 2.27. The molecule has 2 aromatic heterocycles. The normalized spacial score (nSPS) is 12.6. The maximum atomic E-state index is 13.2. The first kappa shape index (κ1) is 18.3. The third kappa shape index (κ3) is 3.28. The molecule has 5 heteroatoms. The fourth-order valence-electron chi connectivity index (χ4n) is 4.04. The van der Waals surface area contributed by atoms with Gasteiger partial charge in [0.25, 0.3) is 5.91 Å². The van der Waals surface area contributed by atoms with E-state index in [1.807, 2.05) is 47.1 Å². The van der Waals surface area contributed by atoms with Gasteiger partial charge in [0.2, 0.25) is 0 Å². The van der Waals surface area contributed by atoms with Gasteiger partial charge in [-0.3, -0.25) is 4.79 Å². The highest BCUT2D eigenvalue weighted by atomic mass is 16.2. The van der Waals surface area contributed by atoms with Crippen LogP contribution in [0.1, 0.15) is 33.7 Å². The van der Waals surface area contributed by atoms with E-state index in [1.54, 1.807) is 6.20 Å². The summed E-state index contributed by atoms with van der Waals surface area (Å²) in [6.45, 7) is 2.06. The topological polar surface area (TPSA) is 59.8 Å². The number of hydrogen-bond acceptors (Lipinski definition) is 3. The van der Waals surface area contributed by atoms with Crippen LogP contribution in [0.25, 0.3) is 16.8 Å². The average molecular weight is 394 g/mol. The number of fused-ring (bicyclic) bond motifs is 1.